The van der Waals surface area contributed by atoms with Gasteiger partial charge in [-0.1, -0.05) is 0 Å². The van der Waals surface area contributed by atoms with Gasteiger partial charge in [0.1, 0.15) is 10.5 Å². The van der Waals surface area contributed by atoms with E-state index in [0.717, 1.165) is 31.7 Å². The van der Waals surface area contributed by atoms with Crippen molar-refractivity contribution in [3.8, 4) is 0 Å². The van der Waals surface area contributed by atoms with E-state index in [1.807, 2.05) is 19.2 Å². The lowest BCUT2D eigenvalue weighted by atomic mass is 9.80. The molecule has 0 spiro atoms. The topological polar surface area (TPSA) is 65.5 Å². The number of amides is 1. The van der Waals surface area contributed by atoms with E-state index in [1.165, 1.54) is 16.7 Å². The largest absolute Gasteiger partial charge is 0.465 e. The Labute approximate surface area is 176 Å². The molecule has 1 aromatic heterocycles. The van der Waals surface area contributed by atoms with Gasteiger partial charge in [0.25, 0.3) is 0 Å². The number of aromatic nitrogens is 1. The van der Waals surface area contributed by atoms with Crippen molar-refractivity contribution in [1.82, 2.24) is 9.88 Å². The van der Waals surface area contributed by atoms with E-state index in [2.05, 4.69) is 48.8 Å². The van der Waals surface area contributed by atoms with Crippen LogP contribution in [0.5, 0.6) is 0 Å². The van der Waals surface area contributed by atoms with Crippen molar-refractivity contribution in [2.45, 2.75) is 30.5 Å². The SMILES string of the molecule is CSc1nc2c(F)c(Br)c(C)cc2c(N[C@H]2[C@@H]3C[C@H]2N(C(=O)O)C3)c1I. The van der Waals surface area contributed by atoms with Crippen molar-refractivity contribution >= 4 is 73.0 Å². The molecule has 1 aliphatic carbocycles. The van der Waals surface area contributed by atoms with Crippen molar-refractivity contribution in [3.63, 3.8) is 0 Å². The summed E-state index contributed by atoms with van der Waals surface area (Å²) in [7, 11) is 0. The Morgan fingerprint density at radius 1 is 1.58 bits per heavy atom. The lowest BCUT2D eigenvalue weighted by molar-refractivity contribution is 0.140. The first-order valence-electron chi connectivity index (χ1n) is 8.11. The van der Waals surface area contributed by atoms with E-state index in [-0.39, 0.29) is 17.9 Å². The number of carbonyl (C=O) groups is 1. The number of halogens is 3. The van der Waals surface area contributed by atoms with Crippen molar-refractivity contribution < 1.29 is 14.3 Å². The van der Waals surface area contributed by atoms with Gasteiger partial charge < -0.3 is 15.3 Å². The van der Waals surface area contributed by atoms with Crippen molar-refractivity contribution in [3.05, 3.63) is 25.5 Å². The second kappa shape index (κ2) is 6.66. The monoisotopic (exact) mass is 551 g/mol. The first-order valence-corrected chi connectivity index (χ1v) is 11.2. The molecular weight excluding hydrogens is 536 g/mol. The number of carboxylic acid groups (broad SMARTS) is 1. The number of aryl methyl sites for hydroxylation is 1. The van der Waals surface area contributed by atoms with Gasteiger partial charge in [-0.25, -0.2) is 14.2 Å². The summed E-state index contributed by atoms with van der Waals surface area (Å²) in [5.41, 5.74) is 1.98. The zero-order valence-electron chi connectivity index (χ0n) is 14.0. The predicted molar refractivity (Wildman–Crippen MR) is 113 cm³/mol. The maximum absolute atomic E-state index is 14.8. The van der Waals surface area contributed by atoms with Crippen molar-refractivity contribution in [2.75, 3.05) is 18.1 Å². The number of nitrogens with one attached hydrogen (secondary N) is 1. The van der Waals surface area contributed by atoms with Gasteiger partial charge in [0.05, 0.1) is 25.8 Å². The van der Waals surface area contributed by atoms with Gasteiger partial charge in [0.15, 0.2) is 5.82 Å². The van der Waals surface area contributed by atoms with Crippen LogP contribution in [0, 0.1) is 22.2 Å². The Morgan fingerprint density at radius 3 is 2.92 bits per heavy atom. The van der Waals surface area contributed by atoms with E-state index >= 15 is 0 Å². The normalized spacial score (nSPS) is 24.0. The van der Waals surface area contributed by atoms with Crippen LogP contribution in [0.15, 0.2) is 15.6 Å². The molecule has 3 atom stereocenters. The fourth-order valence-corrected chi connectivity index (χ4v) is 5.91. The number of pyridine rings is 1. The Kier molecular flexibility index (Phi) is 4.75. The summed E-state index contributed by atoms with van der Waals surface area (Å²) in [5, 5.41) is 14.4. The maximum Gasteiger partial charge on any atom is 0.407 e. The van der Waals surface area contributed by atoms with Gasteiger partial charge in [-0.05, 0) is 69.8 Å². The molecule has 1 aromatic carbocycles. The fourth-order valence-electron chi connectivity index (χ4n) is 3.92. The Hall–Kier alpha value is -0.810. The number of rotatable bonds is 3. The van der Waals surface area contributed by atoms with Crippen LogP contribution in [0.2, 0.25) is 0 Å². The number of fused-ring (bicyclic) bond motifs is 2. The maximum atomic E-state index is 14.8. The smallest absolute Gasteiger partial charge is 0.407 e. The number of nitrogens with zero attached hydrogens (tertiary/aromatic N) is 2. The highest BCUT2D eigenvalue weighted by atomic mass is 127. The third-order valence-corrected chi connectivity index (χ3v) is 8.37. The second-order valence-electron chi connectivity index (χ2n) is 6.70. The number of thioether (sulfide) groups is 1. The van der Waals surface area contributed by atoms with Gasteiger partial charge >= 0.3 is 6.09 Å². The molecule has 2 aromatic rings. The van der Waals surface area contributed by atoms with Gasteiger partial charge in [-0.2, -0.15) is 0 Å². The summed E-state index contributed by atoms with van der Waals surface area (Å²) >= 11 is 7.01. The molecule has 1 amide bonds. The zero-order chi connectivity index (χ0) is 18.7. The first-order chi connectivity index (χ1) is 12.3. The Balaban J connectivity index is 1.82. The van der Waals surface area contributed by atoms with E-state index in [4.69, 9.17) is 0 Å². The highest BCUT2D eigenvalue weighted by molar-refractivity contribution is 14.1. The summed E-state index contributed by atoms with van der Waals surface area (Å²) < 4.78 is 16.2. The number of benzene rings is 1. The zero-order valence-corrected chi connectivity index (χ0v) is 18.6. The molecule has 5 rings (SSSR count). The van der Waals surface area contributed by atoms with Gasteiger partial charge in [-0.15, -0.1) is 11.8 Å². The van der Waals surface area contributed by atoms with Crippen LogP contribution in [-0.4, -0.2) is 46.0 Å². The summed E-state index contributed by atoms with van der Waals surface area (Å²) in [4.78, 5) is 17.4. The molecule has 1 saturated carbocycles. The molecule has 0 unspecified atom stereocenters. The molecule has 0 radical (unpaired) electrons. The molecule has 3 heterocycles. The molecule has 138 valence electrons. The standard InChI is InChI=1S/C17H16BrFIN3O2S/c1-6-3-8-14(11(19)10(6)18)22-16(26-2)12(20)15(8)21-13-7-4-9(13)23(5-7)17(24)25/h3,7,9,13H,4-5H2,1-2H3,(H,21,22)(H,24,25)/t7-,9-,13+/m1/s1. The molecular formula is C17H16BrFIN3O2S. The highest BCUT2D eigenvalue weighted by Crippen LogP contribution is 2.45. The minimum absolute atomic E-state index is 0.0179. The molecule has 26 heavy (non-hydrogen) atoms. The van der Waals surface area contributed by atoms with Crippen molar-refractivity contribution in [2.24, 2.45) is 5.92 Å². The van der Waals surface area contributed by atoms with Crippen LogP contribution in [0.3, 0.4) is 0 Å². The summed E-state index contributed by atoms with van der Waals surface area (Å²) in [6, 6.07) is 1.97. The number of hydrogen-bond acceptors (Lipinski definition) is 4. The molecule has 2 saturated heterocycles. The van der Waals surface area contributed by atoms with Crippen LogP contribution < -0.4 is 5.32 Å². The van der Waals surface area contributed by atoms with Crippen LogP contribution in [0.1, 0.15) is 12.0 Å². The third kappa shape index (κ3) is 2.69. The summed E-state index contributed by atoms with van der Waals surface area (Å²) in [5.74, 6) is -0.0623. The van der Waals surface area contributed by atoms with Crippen LogP contribution in [-0.2, 0) is 0 Å². The quantitative estimate of drug-likeness (QED) is 0.418. The van der Waals surface area contributed by atoms with Crippen LogP contribution in [0.25, 0.3) is 10.9 Å². The fraction of sp³-hybridized carbons (Fsp3) is 0.412. The van der Waals surface area contributed by atoms with Gasteiger partial charge in [-0.3, -0.25) is 0 Å². The van der Waals surface area contributed by atoms with Crippen LogP contribution in [0.4, 0.5) is 14.9 Å². The van der Waals surface area contributed by atoms with E-state index in [0.29, 0.717) is 22.5 Å². The Bertz CT molecular complexity index is 944. The van der Waals surface area contributed by atoms with E-state index in [1.54, 1.807) is 0 Å². The van der Waals surface area contributed by atoms with E-state index in [9.17, 15) is 14.3 Å². The lowest BCUT2D eigenvalue weighted by Crippen LogP contribution is -2.49. The number of hydrogen-bond donors (Lipinski definition) is 2. The molecule has 3 aliphatic rings. The lowest BCUT2D eigenvalue weighted by Gasteiger charge is -2.37. The van der Waals surface area contributed by atoms with Crippen LogP contribution >= 0.6 is 50.3 Å². The van der Waals surface area contributed by atoms with E-state index < -0.39 is 6.09 Å². The highest BCUT2D eigenvalue weighted by Gasteiger charge is 2.54. The first kappa shape index (κ1) is 18.5. The molecule has 9 heteroatoms. The number of anilines is 1. The molecule has 2 aliphatic heterocycles. The summed E-state index contributed by atoms with van der Waals surface area (Å²) in [6.45, 7) is 2.41. The van der Waals surface area contributed by atoms with Gasteiger partial charge in [0, 0.05) is 17.8 Å². The summed E-state index contributed by atoms with van der Waals surface area (Å²) in [6.07, 6.45) is 1.94. The minimum Gasteiger partial charge on any atom is -0.465 e. The van der Waals surface area contributed by atoms with Crippen molar-refractivity contribution in [1.29, 1.82) is 0 Å². The molecule has 2 bridgehead atoms. The molecule has 3 fully saturated rings. The third-order valence-electron chi connectivity index (χ3n) is 5.30. The predicted octanol–water partition coefficient (Wildman–Crippen LogP) is 4.93. The Morgan fingerprint density at radius 2 is 2.31 bits per heavy atom. The second-order valence-corrected chi connectivity index (χ2v) is 9.36. The molecule has 5 nitrogen and oxygen atoms in total. The average molecular weight is 552 g/mol. The minimum atomic E-state index is -0.869. The van der Waals surface area contributed by atoms with Gasteiger partial charge in [0.2, 0.25) is 0 Å². The molecule has 2 N–H and O–H groups in total. The average Bonchev–Trinajstić information content (AvgIpc) is 3.19.